The molecule has 18 heavy (non-hydrogen) atoms. The van der Waals surface area contributed by atoms with Gasteiger partial charge in [-0.2, -0.15) is 0 Å². The maximum Gasteiger partial charge on any atom is 0.222 e. The van der Waals surface area contributed by atoms with E-state index in [9.17, 15) is 4.79 Å². The summed E-state index contributed by atoms with van der Waals surface area (Å²) in [5.74, 6) is 0.915. The third kappa shape index (κ3) is 6.05. The Kier molecular flexibility index (Phi) is 7.88. The Morgan fingerprint density at radius 3 is 2.33 bits per heavy atom. The number of nitrogens with two attached hydrogens (primary N) is 1. The Morgan fingerprint density at radius 2 is 1.83 bits per heavy atom. The number of hydrogen-bond acceptors (Lipinski definition) is 2. The van der Waals surface area contributed by atoms with Gasteiger partial charge in [0.25, 0.3) is 0 Å². The second kappa shape index (κ2) is 8.00. The van der Waals surface area contributed by atoms with Gasteiger partial charge in [0, 0.05) is 20.0 Å². The monoisotopic (exact) mass is 276 g/mol. The molecule has 0 atom stereocenters. The summed E-state index contributed by atoms with van der Waals surface area (Å²) in [4.78, 5) is 14.0. The number of carbonyl (C=O) groups excluding carboxylic acids is 1. The van der Waals surface area contributed by atoms with Crippen molar-refractivity contribution >= 4 is 18.3 Å². The van der Waals surface area contributed by atoms with Gasteiger partial charge in [0.15, 0.2) is 0 Å². The van der Waals surface area contributed by atoms with E-state index in [1.165, 1.54) is 32.1 Å². The highest BCUT2D eigenvalue weighted by Gasteiger charge is 2.23. The summed E-state index contributed by atoms with van der Waals surface area (Å²) in [6.45, 7) is 5.60. The summed E-state index contributed by atoms with van der Waals surface area (Å²) in [5, 5.41) is 0. The topological polar surface area (TPSA) is 46.3 Å². The highest BCUT2D eigenvalue weighted by Crippen LogP contribution is 2.27. The molecule has 0 radical (unpaired) electrons. The van der Waals surface area contributed by atoms with E-state index in [0.29, 0.717) is 18.4 Å². The van der Waals surface area contributed by atoms with E-state index in [0.717, 1.165) is 13.0 Å². The molecule has 0 aliphatic heterocycles. The fraction of sp³-hybridized carbons (Fsp3) is 0.929. The van der Waals surface area contributed by atoms with Gasteiger partial charge in [0.05, 0.1) is 0 Å². The van der Waals surface area contributed by atoms with E-state index in [1.54, 1.807) is 0 Å². The Labute approximate surface area is 118 Å². The summed E-state index contributed by atoms with van der Waals surface area (Å²) < 4.78 is 0. The third-order valence-corrected chi connectivity index (χ3v) is 3.83. The molecule has 0 aromatic carbocycles. The van der Waals surface area contributed by atoms with E-state index in [4.69, 9.17) is 5.73 Å². The van der Waals surface area contributed by atoms with Crippen LogP contribution in [0, 0.1) is 11.3 Å². The Morgan fingerprint density at radius 1 is 1.28 bits per heavy atom. The zero-order valence-electron chi connectivity index (χ0n) is 12.1. The molecule has 0 spiro atoms. The third-order valence-electron chi connectivity index (χ3n) is 3.83. The SMILES string of the molecule is CN(CC(C)(C)CN)C(=O)CC1CCCCC1.Cl. The fourth-order valence-corrected chi connectivity index (χ4v) is 2.59. The minimum atomic E-state index is 0. The molecule has 1 saturated carbocycles. The molecule has 108 valence electrons. The lowest BCUT2D eigenvalue weighted by molar-refractivity contribution is -0.132. The van der Waals surface area contributed by atoms with Crippen molar-refractivity contribution in [3.05, 3.63) is 0 Å². The van der Waals surface area contributed by atoms with E-state index < -0.39 is 0 Å². The highest BCUT2D eigenvalue weighted by molar-refractivity contribution is 5.85. The lowest BCUT2D eigenvalue weighted by atomic mass is 9.86. The number of rotatable bonds is 5. The van der Waals surface area contributed by atoms with Crippen LogP contribution in [0.25, 0.3) is 0 Å². The van der Waals surface area contributed by atoms with Crippen LogP contribution in [0.1, 0.15) is 52.4 Å². The lowest BCUT2D eigenvalue weighted by Crippen LogP contribution is -2.40. The predicted octanol–water partition coefficient (Wildman–Crippen LogP) is 2.82. The molecule has 1 amide bonds. The minimum Gasteiger partial charge on any atom is -0.345 e. The molecule has 1 rings (SSSR count). The molecule has 0 aromatic rings. The van der Waals surface area contributed by atoms with Crippen molar-refractivity contribution in [2.75, 3.05) is 20.1 Å². The predicted molar refractivity (Wildman–Crippen MR) is 78.9 cm³/mol. The quantitative estimate of drug-likeness (QED) is 0.839. The molecule has 2 N–H and O–H groups in total. The smallest absolute Gasteiger partial charge is 0.222 e. The number of halogens is 1. The molecule has 0 bridgehead atoms. The lowest BCUT2D eigenvalue weighted by Gasteiger charge is -2.30. The van der Waals surface area contributed by atoms with Crippen molar-refractivity contribution < 1.29 is 4.79 Å². The summed E-state index contributed by atoms with van der Waals surface area (Å²) in [5.41, 5.74) is 5.73. The molecule has 1 aliphatic rings. The normalized spacial score (nSPS) is 17.1. The first-order valence-electron chi connectivity index (χ1n) is 6.88. The van der Waals surface area contributed by atoms with Gasteiger partial charge < -0.3 is 10.6 Å². The zero-order valence-corrected chi connectivity index (χ0v) is 12.9. The van der Waals surface area contributed by atoms with E-state index in [2.05, 4.69) is 13.8 Å². The van der Waals surface area contributed by atoms with E-state index >= 15 is 0 Å². The summed E-state index contributed by atoms with van der Waals surface area (Å²) in [6.07, 6.45) is 7.16. The van der Waals surface area contributed by atoms with Crippen molar-refractivity contribution in [1.82, 2.24) is 4.90 Å². The van der Waals surface area contributed by atoms with Gasteiger partial charge in [-0.05, 0) is 30.7 Å². The first kappa shape index (κ1) is 17.7. The van der Waals surface area contributed by atoms with Crippen LogP contribution in [-0.4, -0.2) is 30.9 Å². The molecular formula is C14H29ClN2O. The van der Waals surface area contributed by atoms with E-state index in [-0.39, 0.29) is 17.8 Å². The average molecular weight is 277 g/mol. The first-order valence-corrected chi connectivity index (χ1v) is 6.88. The van der Waals surface area contributed by atoms with Crippen molar-refractivity contribution in [3.8, 4) is 0 Å². The number of nitrogens with zero attached hydrogens (tertiary/aromatic N) is 1. The fourth-order valence-electron chi connectivity index (χ4n) is 2.59. The minimum absolute atomic E-state index is 0. The zero-order chi connectivity index (χ0) is 12.9. The molecule has 0 aromatic heterocycles. The van der Waals surface area contributed by atoms with Crippen LogP contribution < -0.4 is 5.73 Å². The second-order valence-electron chi connectivity index (χ2n) is 6.33. The van der Waals surface area contributed by atoms with Crippen LogP contribution in [0.2, 0.25) is 0 Å². The highest BCUT2D eigenvalue weighted by atomic mass is 35.5. The maximum absolute atomic E-state index is 12.1. The van der Waals surface area contributed by atoms with Gasteiger partial charge in [-0.25, -0.2) is 0 Å². The van der Waals surface area contributed by atoms with Crippen LogP contribution in [0.15, 0.2) is 0 Å². The number of hydrogen-bond donors (Lipinski definition) is 1. The Hall–Kier alpha value is -0.280. The molecule has 0 heterocycles. The number of carbonyl (C=O) groups is 1. The van der Waals surface area contributed by atoms with Crippen LogP contribution in [0.4, 0.5) is 0 Å². The molecule has 3 nitrogen and oxygen atoms in total. The number of amides is 1. The first-order chi connectivity index (χ1) is 7.94. The van der Waals surface area contributed by atoms with Gasteiger partial charge in [0.2, 0.25) is 5.91 Å². The van der Waals surface area contributed by atoms with Gasteiger partial charge in [-0.1, -0.05) is 33.1 Å². The second-order valence-corrected chi connectivity index (χ2v) is 6.33. The van der Waals surface area contributed by atoms with Crippen molar-refractivity contribution in [3.63, 3.8) is 0 Å². The Bertz CT molecular complexity index is 250. The maximum atomic E-state index is 12.1. The van der Waals surface area contributed by atoms with Crippen LogP contribution >= 0.6 is 12.4 Å². The molecule has 4 heteroatoms. The van der Waals surface area contributed by atoms with Gasteiger partial charge in [0.1, 0.15) is 0 Å². The van der Waals surface area contributed by atoms with Gasteiger partial charge in [-0.3, -0.25) is 4.79 Å². The molecule has 0 saturated heterocycles. The van der Waals surface area contributed by atoms with Gasteiger partial charge >= 0.3 is 0 Å². The Balaban J connectivity index is 0.00000289. The van der Waals surface area contributed by atoms with Gasteiger partial charge in [-0.15, -0.1) is 12.4 Å². The average Bonchev–Trinajstić information content (AvgIpc) is 2.30. The standard InChI is InChI=1S/C14H28N2O.ClH/c1-14(2,10-15)11-16(3)13(17)9-12-7-5-4-6-8-12;/h12H,4-11,15H2,1-3H3;1H. The van der Waals surface area contributed by atoms with E-state index in [1.807, 2.05) is 11.9 Å². The van der Waals surface area contributed by atoms with Crippen molar-refractivity contribution in [2.24, 2.45) is 17.1 Å². The molecule has 1 aliphatic carbocycles. The van der Waals surface area contributed by atoms with Crippen LogP contribution in [0.5, 0.6) is 0 Å². The largest absolute Gasteiger partial charge is 0.345 e. The molecule has 0 unspecified atom stereocenters. The summed E-state index contributed by atoms with van der Waals surface area (Å²) in [7, 11) is 1.91. The van der Waals surface area contributed by atoms with Crippen LogP contribution in [0.3, 0.4) is 0 Å². The summed E-state index contributed by atoms with van der Waals surface area (Å²) >= 11 is 0. The molecular weight excluding hydrogens is 248 g/mol. The van der Waals surface area contributed by atoms with Crippen molar-refractivity contribution in [2.45, 2.75) is 52.4 Å². The summed E-state index contributed by atoms with van der Waals surface area (Å²) in [6, 6.07) is 0. The van der Waals surface area contributed by atoms with Crippen LogP contribution in [-0.2, 0) is 4.79 Å². The van der Waals surface area contributed by atoms with Crippen molar-refractivity contribution in [1.29, 1.82) is 0 Å². The molecule has 1 fully saturated rings.